The molecule has 0 amide bonds. The van der Waals surface area contributed by atoms with Gasteiger partial charge in [-0.15, -0.1) is 11.8 Å². The highest BCUT2D eigenvalue weighted by Gasteiger charge is 2.14. The number of thiocarbonyl (C=S) groups is 1. The molecule has 1 rings (SSSR count). The quantitative estimate of drug-likeness (QED) is 0.774. The van der Waals surface area contributed by atoms with Gasteiger partial charge in [0.15, 0.2) is 11.5 Å². The van der Waals surface area contributed by atoms with Crippen molar-refractivity contribution in [3.63, 3.8) is 0 Å². The first-order valence-electron chi connectivity index (χ1n) is 4.56. The van der Waals surface area contributed by atoms with Crippen LogP contribution >= 0.6 is 24.0 Å². The molecule has 0 saturated carbocycles. The first-order valence-corrected chi connectivity index (χ1v) is 6.19. The zero-order valence-electron chi connectivity index (χ0n) is 9.70. The van der Waals surface area contributed by atoms with Gasteiger partial charge in [0.1, 0.15) is 0 Å². The maximum absolute atomic E-state index is 5.24. The molecule has 0 bridgehead atoms. The molecule has 0 aliphatic carbocycles. The molecular weight excluding hydrogens is 244 g/mol. The molecule has 0 radical (unpaired) electrons. The third-order valence-corrected chi connectivity index (χ3v) is 3.43. The second-order valence-electron chi connectivity index (χ2n) is 2.91. The Morgan fingerprint density at radius 2 is 1.56 bits per heavy atom. The lowest BCUT2D eigenvalue weighted by Gasteiger charge is -2.13. The maximum atomic E-state index is 5.24. The lowest BCUT2D eigenvalue weighted by atomic mass is 10.2. The lowest BCUT2D eigenvalue weighted by molar-refractivity contribution is 0.324. The van der Waals surface area contributed by atoms with Crippen LogP contribution in [0.15, 0.2) is 12.1 Å². The molecule has 3 nitrogen and oxygen atoms in total. The molecule has 0 heterocycles. The molecule has 0 aliphatic rings. The summed E-state index contributed by atoms with van der Waals surface area (Å²) < 4.78 is 16.5. The van der Waals surface area contributed by atoms with Gasteiger partial charge in [-0.05, 0) is 18.4 Å². The van der Waals surface area contributed by atoms with Gasteiger partial charge in [0.2, 0.25) is 5.75 Å². The maximum Gasteiger partial charge on any atom is 0.203 e. The van der Waals surface area contributed by atoms with E-state index in [0.29, 0.717) is 17.2 Å². The molecule has 0 saturated heterocycles. The van der Waals surface area contributed by atoms with Crippen molar-refractivity contribution in [2.75, 3.05) is 27.6 Å². The second kappa shape index (κ2) is 5.96. The summed E-state index contributed by atoms with van der Waals surface area (Å²) in [6.07, 6.45) is 1.94. The average Bonchev–Trinajstić information content (AvgIpc) is 2.35. The van der Waals surface area contributed by atoms with Crippen LogP contribution in [0.4, 0.5) is 0 Å². The van der Waals surface area contributed by atoms with E-state index < -0.39 is 0 Å². The summed E-state index contributed by atoms with van der Waals surface area (Å²) in [7, 11) is 4.75. The standard InChI is InChI=1S/C11H14O3S2/c1-12-8-5-7(11(15)16-4)6-9(13-2)10(8)14-3/h5-6H,1-4H3. The molecule has 0 atom stereocenters. The fourth-order valence-electron chi connectivity index (χ4n) is 1.32. The van der Waals surface area contributed by atoms with Gasteiger partial charge >= 0.3 is 0 Å². The lowest BCUT2D eigenvalue weighted by Crippen LogP contribution is -1.99. The number of ether oxygens (including phenoxy) is 3. The Kier molecular flexibility index (Phi) is 4.89. The Morgan fingerprint density at radius 1 is 1.06 bits per heavy atom. The summed E-state index contributed by atoms with van der Waals surface area (Å²) in [5.74, 6) is 1.82. The van der Waals surface area contributed by atoms with Gasteiger partial charge in [0, 0.05) is 5.56 Å². The first-order chi connectivity index (χ1) is 7.67. The highest BCUT2D eigenvalue weighted by atomic mass is 32.2. The molecule has 88 valence electrons. The van der Waals surface area contributed by atoms with Crippen LogP contribution in [-0.4, -0.2) is 31.8 Å². The average molecular weight is 258 g/mol. The summed E-state index contributed by atoms with van der Waals surface area (Å²) >= 11 is 6.74. The SMILES string of the molecule is COc1cc(C(=S)SC)cc(OC)c1OC. The monoisotopic (exact) mass is 258 g/mol. The van der Waals surface area contributed by atoms with Crippen molar-refractivity contribution >= 4 is 28.2 Å². The highest BCUT2D eigenvalue weighted by molar-refractivity contribution is 8.23. The molecule has 0 fully saturated rings. The van der Waals surface area contributed by atoms with Crippen LogP contribution in [0.2, 0.25) is 0 Å². The molecule has 1 aromatic carbocycles. The van der Waals surface area contributed by atoms with Crippen LogP contribution in [0.1, 0.15) is 5.56 Å². The molecular formula is C11H14O3S2. The van der Waals surface area contributed by atoms with Crippen LogP contribution in [0.5, 0.6) is 17.2 Å². The Balaban J connectivity index is 3.31. The Labute approximate surface area is 105 Å². The van der Waals surface area contributed by atoms with E-state index in [9.17, 15) is 0 Å². The smallest absolute Gasteiger partial charge is 0.203 e. The predicted molar refractivity (Wildman–Crippen MR) is 71.3 cm³/mol. The van der Waals surface area contributed by atoms with E-state index in [1.54, 1.807) is 21.3 Å². The van der Waals surface area contributed by atoms with Crippen LogP contribution in [-0.2, 0) is 0 Å². The molecule has 0 N–H and O–H groups in total. The third-order valence-electron chi connectivity index (χ3n) is 2.09. The first kappa shape index (κ1) is 13.1. The number of hydrogen-bond acceptors (Lipinski definition) is 5. The van der Waals surface area contributed by atoms with Crippen LogP contribution in [0.25, 0.3) is 0 Å². The second-order valence-corrected chi connectivity index (χ2v) is 4.39. The van der Waals surface area contributed by atoms with Crippen molar-refractivity contribution in [2.24, 2.45) is 0 Å². The summed E-state index contributed by atoms with van der Waals surface area (Å²) in [6, 6.07) is 3.69. The molecule has 0 spiro atoms. The van der Waals surface area contributed by atoms with Crippen molar-refractivity contribution in [3.05, 3.63) is 17.7 Å². The predicted octanol–water partition coefficient (Wildman–Crippen LogP) is 2.75. The summed E-state index contributed by atoms with van der Waals surface area (Å²) in [6.45, 7) is 0. The largest absolute Gasteiger partial charge is 0.493 e. The minimum atomic E-state index is 0.581. The Hall–Kier alpha value is -0.940. The van der Waals surface area contributed by atoms with Gasteiger partial charge in [-0.2, -0.15) is 0 Å². The fraction of sp³-hybridized carbons (Fsp3) is 0.364. The van der Waals surface area contributed by atoms with Crippen molar-refractivity contribution in [3.8, 4) is 17.2 Å². The van der Waals surface area contributed by atoms with Gasteiger partial charge in [0.25, 0.3) is 0 Å². The number of hydrogen-bond donors (Lipinski definition) is 0. The Bertz CT molecular complexity index is 366. The van der Waals surface area contributed by atoms with Crippen molar-refractivity contribution in [2.45, 2.75) is 0 Å². The normalized spacial score (nSPS) is 9.75. The molecule has 0 aromatic heterocycles. The number of rotatable bonds is 4. The fourth-order valence-corrected chi connectivity index (χ4v) is 1.79. The zero-order valence-corrected chi connectivity index (χ0v) is 11.3. The number of methoxy groups -OCH3 is 3. The van der Waals surface area contributed by atoms with Crippen LogP contribution in [0, 0.1) is 0 Å². The minimum absolute atomic E-state index is 0.581. The van der Waals surface area contributed by atoms with Crippen LogP contribution in [0.3, 0.4) is 0 Å². The van der Waals surface area contributed by atoms with E-state index in [4.69, 9.17) is 26.4 Å². The van der Waals surface area contributed by atoms with E-state index in [1.807, 2.05) is 18.4 Å². The molecule has 5 heteroatoms. The zero-order chi connectivity index (χ0) is 12.1. The summed E-state index contributed by atoms with van der Waals surface area (Å²) in [4.78, 5) is 0. The van der Waals surface area contributed by atoms with E-state index in [2.05, 4.69) is 0 Å². The minimum Gasteiger partial charge on any atom is -0.493 e. The molecule has 0 unspecified atom stereocenters. The van der Waals surface area contributed by atoms with Crippen LogP contribution < -0.4 is 14.2 Å². The number of thioether (sulfide) groups is 1. The van der Waals surface area contributed by atoms with Gasteiger partial charge in [-0.1, -0.05) is 12.2 Å². The van der Waals surface area contributed by atoms with Gasteiger partial charge in [-0.25, -0.2) is 0 Å². The van der Waals surface area contributed by atoms with E-state index in [0.717, 1.165) is 9.76 Å². The topological polar surface area (TPSA) is 27.7 Å². The molecule has 1 aromatic rings. The van der Waals surface area contributed by atoms with E-state index in [1.165, 1.54) is 11.8 Å². The van der Waals surface area contributed by atoms with Gasteiger partial charge in [-0.3, -0.25) is 0 Å². The van der Waals surface area contributed by atoms with Crippen molar-refractivity contribution in [1.29, 1.82) is 0 Å². The molecule has 0 aliphatic heterocycles. The van der Waals surface area contributed by atoms with Gasteiger partial charge in [0.05, 0.1) is 25.5 Å². The number of benzene rings is 1. The molecule has 16 heavy (non-hydrogen) atoms. The van der Waals surface area contributed by atoms with Crippen molar-refractivity contribution in [1.82, 2.24) is 0 Å². The summed E-state index contributed by atoms with van der Waals surface area (Å²) in [5.41, 5.74) is 0.900. The van der Waals surface area contributed by atoms with Crippen molar-refractivity contribution < 1.29 is 14.2 Å². The van der Waals surface area contributed by atoms with Gasteiger partial charge < -0.3 is 14.2 Å². The highest BCUT2D eigenvalue weighted by Crippen LogP contribution is 2.38. The Morgan fingerprint density at radius 3 is 1.88 bits per heavy atom. The third kappa shape index (κ3) is 2.59. The van der Waals surface area contributed by atoms with E-state index >= 15 is 0 Å². The summed E-state index contributed by atoms with van der Waals surface area (Å²) in [5, 5.41) is 0. The van der Waals surface area contributed by atoms with E-state index in [-0.39, 0.29) is 0 Å².